The van der Waals surface area contributed by atoms with Gasteiger partial charge in [-0.15, -0.1) is 0 Å². The highest BCUT2D eigenvalue weighted by molar-refractivity contribution is 5.88. The molecule has 0 aromatic heterocycles. The number of aryl methyl sites for hydroxylation is 2. The molecular weight excluding hydrogens is 530 g/mol. The molecule has 41 heavy (non-hydrogen) atoms. The summed E-state index contributed by atoms with van der Waals surface area (Å²) in [7, 11) is 3.46. The lowest BCUT2D eigenvalue weighted by atomic mass is 9.95. The molecule has 3 N–H and O–H groups in total. The Morgan fingerprint density at radius 2 is 1.76 bits per heavy atom. The highest BCUT2D eigenvalue weighted by Gasteiger charge is 2.27. The highest BCUT2D eigenvalue weighted by atomic mass is 19.1. The Bertz CT molecular complexity index is 1030. The van der Waals surface area contributed by atoms with E-state index in [-0.39, 0.29) is 49.1 Å². The molecule has 0 aliphatic heterocycles. The van der Waals surface area contributed by atoms with Crippen LogP contribution in [-0.2, 0) is 20.8 Å². The Morgan fingerprint density at radius 3 is 2.37 bits per heavy atom. The van der Waals surface area contributed by atoms with Crippen LogP contribution in [0.15, 0.2) is 42.5 Å². The molecule has 10 heteroatoms. The fourth-order valence-corrected chi connectivity index (χ4v) is 4.13. The second kappa shape index (κ2) is 20.5. The lowest BCUT2D eigenvalue weighted by molar-refractivity contribution is -0.137. The minimum atomic E-state index is -0.486. The summed E-state index contributed by atoms with van der Waals surface area (Å²) in [4.78, 5) is 36.6. The maximum Gasteiger partial charge on any atom is 0.240 e. The molecule has 0 spiro atoms. The van der Waals surface area contributed by atoms with Crippen molar-refractivity contribution in [3.63, 3.8) is 0 Å². The van der Waals surface area contributed by atoms with Gasteiger partial charge in [-0.25, -0.2) is 8.78 Å². The first-order valence-electron chi connectivity index (χ1n) is 14.1. The molecule has 2 unspecified atom stereocenters. The van der Waals surface area contributed by atoms with Gasteiger partial charge in [-0.2, -0.15) is 0 Å². The lowest BCUT2D eigenvalue weighted by Crippen LogP contribution is -2.51. The van der Waals surface area contributed by atoms with E-state index in [4.69, 9.17) is 4.74 Å². The largest absolute Gasteiger partial charge is 0.492 e. The van der Waals surface area contributed by atoms with Gasteiger partial charge in [0.05, 0.1) is 19.1 Å². The van der Waals surface area contributed by atoms with Crippen LogP contribution in [-0.4, -0.2) is 75.9 Å². The van der Waals surface area contributed by atoms with Gasteiger partial charge in [0.2, 0.25) is 11.8 Å². The van der Waals surface area contributed by atoms with Gasteiger partial charge < -0.3 is 30.4 Å². The smallest absolute Gasteiger partial charge is 0.240 e. The molecular formula is C31H46F2N4O4. The SMILES string of the molecule is CCCC(C)C(NCCOc1cc(F)ccc1CCCNC)C(=O)N(C)CC(=O)NCC=O.Cc1ccc(F)cc1. The van der Waals surface area contributed by atoms with Crippen LogP contribution in [0.2, 0.25) is 0 Å². The number of likely N-dealkylation sites (N-methyl/N-ethyl adjacent to an activating group) is 1. The molecule has 0 fully saturated rings. The van der Waals surface area contributed by atoms with E-state index in [1.807, 2.05) is 20.9 Å². The topological polar surface area (TPSA) is 99.8 Å². The zero-order chi connectivity index (χ0) is 30.6. The highest BCUT2D eigenvalue weighted by Crippen LogP contribution is 2.21. The fourth-order valence-electron chi connectivity index (χ4n) is 4.13. The number of nitrogens with zero attached hydrogens (tertiary/aromatic N) is 1. The van der Waals surface area contributed by atoms with Gasteiger partial charge in [0, 0.05) is 19.7 Å². The Balaban J connectivity index is 0.000000895. The van der Waals surface area contributed by atoms with E-state index in [1.165, 1.54) is 29.2 Å². The first-order valence-corrected chi connectivity index (χ1v) is 14.1. The summed E-state index contributed by atoms with van der Waals surface area (Å²) in [5.74, 6) is -0.545. The van der Waals surface area contributed by atoms with Crippen LogP contribution in [0.5, 0.6) is 5.75 Å². The van der Waals surface area contributed by atoms with Crippen LogP contribution in [0.25, 0.3) is 0 Å². The number of ether oxygens (including phenoxy) is 1. The van der Waals surface area contributed by atoms with E-state index < -0.39 is 6.04 Å². The third-order valence-corrected chi connectivity index (χ3v) is 6.36. The van der Waals surface area contributed by atoms with Crippen molar-refractivity contribution in [3.8, 4) is 5.75 Å². The van der Waals surface area contributed by atoms with Crippen molar-refractivity contribution in [1.29, 1.82) is 0 Å². The van der Waals surface area contributed by atoms with Crippen molar-refractivity contribution in [1.82, 2.24) is 20.9 Å². The molecule has 0 saturated heterocycles. The summed E-state index contributed by atoms with van der Waals surface area (Å²) in [6.07, 6.45) is 4.04. The molecule has 0 saturated carbocycles. The third-order valence-electron chi connectivity index (χ3n) is 6.36. The molecule has 0 heterocycles. The molecule has 8 nitrogen and oxygen atoms in total. The van der Waals surface area contributed by atoms with Gasteiger partial charge in [0.15, 0.2) is 0 Å². The summed E-state index contributed by atoms with van der Waals surface area (Å²) in [6.45, 7) is 7.29. The van der Waals surface area contributed by atoms with Crippen molar-refractivity contribution in [2.45, 2.75) is 52.5 Å². The number of hydrogen-bond acceptors (Lipinski definition) is 6. The molecule has 2 atom stereocenters. The van der Waals surface area contributed by atoms with E-state index in [9.17, 15) is 23.2 Å². The minimum absolute atomic E-state index is 0.0502. The average molecular weight is 577 g/mol. The van der Waals surface area contributed by atoms with E-state index in [0.29, 0.717) is 18.6 Å². The number of amides is 2. The molecule has 0 aliphatic carbocycles. The molecule has 0 radical (unpaired) electrons. The van der Waals surface area contributed by atoms with Gasteiger partial charge in [-0.1, -0.05) is 44.0 Å². The molecule has 2 aromatic rings. The second-order valence-electron chi connectivity index (χ2n) is 9.97. The van der Waals surface area contributed by atoms with Crippen LogP contribution in [0.4, 0.5) is 8.78 Å². The molecule has 2 amide bonds. The Labute approximate surface area is 243 Å². The number of carbonyl (C=O) groups excluding carboxylic acids is 3. The Hall–Kier alpha value is -3.37. The number of rotatable bonds is 17. The predicted molar refractivity (Wildman–Crippen MR) is 158 cm³/mol. The zero-order valence-corrected chi connectivity index (χ0v) is 25.0. The van der Waals surface area contributed by atoms with Gasteiger partial charge in [0.25, 0.3) is 0 Å². The van der Waals surface area contributed by atoms with Crippen molar-refractivity contribution >= 4 is 18.1 Å². The van der Waals surface area contributed by atoms with Crippen LogP contribution in [0.1, 0.15) is 44.2 Å². The molecule has 2 rings (SSSR count). The van der Waals surface area contributed by atoms with Crippen molar-refractivity contribution in [2.75, 3.05) is 46.9 Å². The maximum absolute atomic E-state index is 13.7. The summed E-state index contributed by atoms with van der Waals surface area (Å²) < 4.78 is 31.7. The standard InChI is InChI=1S/C24H39FN4O4.C7H7F/c1-5-7-18(2)23(24(32)29(4)17-22(31)27-12-14-30)28-13-15-33-21-16-20(25)10-9-19(21)8-6-11-26-3;1-6-2-4-7(8)5-3-6/h9-10,14,16,18,23,26,28H,5-8,11-13,15,17H2,1-4H3,(H,27,31);2-5H,1H3. The van der Waals surface area contributed by atoms with Gasteiger partial charge in [0.1, 0.15) is 30.3 Å². The molecule has 2 aromatic carbocycles. The minimum Gasteiger partial charge on any atom is -0.492 e. The number of nitrogens with one attached hydrogen (secondary N) is 3. The van der Waals surface area contributed by atoms with Crippen LogP contribution < -0.4 is 20.7 Å². The first-order chi connectivity index (χ1) is 19.6. The number of halogens is 2. The summed E-state index contributed by atoms with van der Waals surface area (Å²) >= 11 is 0. The lowest BCUT2D eigenvalue weighted by Gasteiger charge is -2.28. The normalized spacial score (nSPS) is 12.0. The first kappa shape index (κ1) is 35.7. The molecule has 0 aliphatic rings. The summed E-state index contributed by atoms with van der Waals surface area (Å²) in [5.41, 5.74) is 2.03. The molecule has 0 bridgehead atoms. The van der Waals surface area contributed by atoms with Crippen LogP contribution in [0, 0.1) is 24.5 Å². The Morgan fingerprint density at radius 1 is 1.07 bits per heavy atom. The van der Waals surface area contributed by atoms with Crippen LogP contribution in [0.3, 0.4) is 0 Å². The quantitative estimate of drug-likeness (QED) is 0.196. The maximum atomic E-state index is 13.7. The van der Waals surface area contributed by atoms with Gasteiger partial charge in [-0.3, -0.25) is 9.59 Å². The summed E-state index contributed by atoms with van der Waals surface area (Å²) in [5, 5.41) is 8.78. The molecule has 228 valence electrons. The summed E-state index contributed by atoms with van der Waals surface area (Å²) in [6, 6.07) is 10.5. The number of aldehydes is 1. The number of benzene rings is 2. The van der Waals surface area contributed by atoms with E-state index in [1.54, 1.807) is 25.2 Å². The van der Waals surface area contributed by atoms with Crippen LogP contribution >= 0.6 is 0 Å². The van der Waals surface area contributed by atoms with E-state index in [2.05, 4.69) is 22.9 Å². The van der Waals surface area contributed by atoms with Crippen molar-refractivity contribution < 1.29 is 27.9 Å². The van der Waals surface area contributed by atoms with E-state index in [0.717, 1.165) is 43.4 Å². The average Bonchev–Trinajstić information content (AvgIpc) is 2.94. The predicted octanol–water partition coefficient (Wildman–Crippen LogP) is 3.66. The van der Waals surface area contributed by atoms with E-state index >= 15 is 0 Å². The Kier molecular flexibility index (Phi) is 17.8. The zero-order valence-electron chi connectivity index (χ0n) is 25.0. The number of hydrogen-bond donors (Lipinski definition) is 3. The van der Waals surface area contributed by atoms with Crippen molar-refractivity contribution in [3.05, 3.63) is 65.2 Å². The second-order valence-corrected chi connectivity index (χ2v) is 9.97. The number of carbonyl (C=O) groups is 3. The fraction of sp³-hybridized carbons (Fsp3) is 0.516. The van der Waals surface area contributed by atoms with Gasteiger partial charge >= 0.3 is 0 Å². The monoisotopic (exact) mass is 576 g/mol. The van der Waals surface area contributed by atoms with Gasteiger partial charge in [-0.05, 0) is 69.5 Å². The third kappa shape index (κ3) is 14.7. The van der Waals surface area contributed by atoms with Crippen molar-refractivity contribution in [2.24, 2.45) is 5.92 Å².